The van der Waals surface area contributed by atoms with E-state index in [0.717, 1.165) is 4.47 Å². The number of methoxy groups -OCH3 is 1. The van der Waals surface area contributed by atoms with Crippen LogP contribution < -0.4 is 0 Å². The molecule has 0 aliphatic rings. The maximum atomic E-state index is 12.8. The second-order valence-corrected chi connectivity index (χ2v) is 4.24. The first-order chi connectivity index (χ1) is 8.04. The molecule has 0 heterocycles. The number of ether oxygens (including phenoxy) is 1. The normalized spacial score (nSPS) is 9.88. The van der Waals surface area contributed by atoms with Crippen LogP contribution in [0.25, 0.3) is 5.57 Å². The Morgan fingerprint density at radius 2 is 1.82 bits per heavy atom. The summed E-state index contributed by atoms with van der Waals surface area (Å²) in [6.07, 6.45) is -1.85. The van der Waals surface area contributed by atoms with E-state index in [1.54, 1.807) is 24.3 Å². The molecule has 0 fully saturated rings. The van der Waals surface area contributed by atoms with E-state index in [0.29, 0.717) is 5.56 Å². The first-order valence-electron chi connectivity index (χ1n) is 4.91. The van der Waals surface area contributed by atoms with Gasteiger partial charge in [0.2, 0.25) is 0 Å². The number of halogens is 3. The quantitative estimate of drug-likeness (QED) is 0.786. The Labute approximate surface area is 106 Å². The van der Waals surface area contributed by atoms with E-state index in [-0.39, 0.29) is 18.4 Å². The zero-order chi connectivity index (χ0) is 12.8. The van der Waals surface area contributed by atoms with Gasteiger partial charge >= 0.3 is 5.97 Å². The third kappa shape index (κ3) is 4.26. The number of benzene rings is 1. The van der Waals surface area contributed by atoms with Crippen molar-refractivity contribution in [2.75, 3.05) is 7.11 Å². The van der Waals surface area contributed by atoms with Crippen LogP contribution in [-0.4, -0.2) is 13.1 Å². The fourth-order valence-electron chi connectivity index (χ4n) is 1.33. The molecule has 17 heavy (non-hydrogen) atoms. The van der Waals surface area contributed by atoms with Crippen LogP contribution in [0.3, 0.4) is 0 Å². The molecule has 1 aromatic carbocycles. The molecule has 0 unspecified atom stereocenters. The molecule has 2 nitrogen and oxygen atoms in total. The predicted octanol–water partition coefficient (Wildman–Crippen LogP) is 4.01. The van der Waals surface area contributed by atoms with E-state index >= 15 is 0 Å². The SMILES string of the molecule is COC(=O)CCC(=C(F)F)c1ccc(Br)cc1. The van der Waals surface area contributed by atoms with Gasteiger partial charge in [-0.25, -0.2) is 0 Å². The summed E-state index contributed by atoms with van der Waals surface area (Å²) < 4.78 is 30.7. The van der Waals surface area contributed by atoms with Crippen molar-refractivity contribution in [2.24, 2.45) is 0 Å². The van der Waals surface area contributed by atoms with Gasteiger partial charge < -0.3 is 4.74 Å². The van der Waals surface area contributed by atoms with E-state index < -0.39 is 12.0 Å². The second-order valence-electron chi connectivity index (χ2n) is 3.32. The number of hydrogen-bond donors (Lipinski definition) is 0. The average Bonchev–Trinajstić information content (AvgIpc) is 2.31. The first kappa shape index (κ1) is 13.8. The van der Waals surface area contributed by atoms with Gasteiger partial charge in [-0.1, -0.05) is 28.1 Å². The van der Waals surface area contributed by atoms with Gasteiger partial charge in [-0.05, 0) is 24.1 Å². The Hall–Kier alpha value is -1.23. The molecule has 0 radical (unpaired) electrons. The van der Waals surface area contributed by atoms with Gasteiger partial charge in [0.05, 0.1) is 7.11 Å². The number of esters is 1. The summed E-state index contributed by atoms with van der Waals surface area (Å²) in [5.41, 5.74) is 0.292. The lowest BCUT2D eigenvalue weighted by atomic mass is 10.0. The monoisotopic (exact) mass is 304 g/mol. The molecule has 1 aromatic rings. The fraction of sp³-hybridized carbons (Fsp3) is 0.250. The summed E-state index contributed by atoms with van der Waals surface area (Å²) in [4.78, 5) is 10.9. The highest BCUT2D eigenvalue weighted by molar-refractivity contribution is 9.10. The Kier molecular flexibility index (Phi) is 5.28. The number of allylic oxidation sites excluding steroid dienone is 1. The predicted molar refractivity (Wildman–Crippen MR) is 64.5 cm³/mol. The summed E-state index contributed by atoms with van der Waals surface area (Å²) in [7, 11) is 1.23. The maximum Gasteiger partial charge on any atom is 0.305 e. The second kappa shape index (κ2) is 6.49. The molecular formula is C12H11BrF2O2. The van der Waals surface area contributed by atoms with Gasteiger partial charge in [0, 0.05) is 16.5 Å². The number of carbonyl (C=O) groups excluding carboxylic acids is 1. The smallest absolute Gasteiger partial charge is 0.305 e. The molecule has 0 aliphatic heterocycles. The molecule has 0 amide bonds. The van der Waals surface area contributed by atoms with Crippen LogP contribution in [0.4, 0.5) is 8.78 Å². The minimum Gasteiger partial charge on any atom is -0.469 e. The van der Waals surface area contributed by atoms with Gasteiger partial charge in [0.25, 0.3) is 6.08 Å². The number of carbonyl (C=O) groups is 1. The average molecular weight is 305 g/mol. The van der Waals surface area contributed by atoms with Crippen LogP contribution in [0.5, 0.6) is 0 Å². The zero-order valence-corrected chi connectivity index (χ0v) is 10.8. The van der Waals surface area contributed by atoms with Crippen LogP contribution in [0.1, 0.15) is 18.4 Å². The van der Waals surface area contributed by atoms with Gasteiger partial charge in [-0.3, -0.25) is 4.79 Å². The van der Waals surface area contributed by atoms with Gasteiger partial charge in [-0.15, -0.1) is 0 Å². The molecule has 0 saturated carbocycles. The first-order valence-corrected chi connectivity index (χ1v) is 5.70. The molecule has 0 bridgehead atoms. The summed E-state index contributed by atoms with van der Waals surface area (Å²) in [6, 6.07) is 6.51. The van der Waals surface area contributed by atoms with Gasteiger partial charge in [0.1, 0.15) is 0 Å². The molecule has 92 valence electrons. The molecule has 1 rings (SSSR count). The van der Waals surface area contributed by atoms with E-state index in [2.05, 4.69) is 20.7 Å². The highest BCUT2D eigenvalue weighted by atomic mass is 79.9. The van der Waals surface area contributed by atoms with E-state index in [4.69, 9.17) is 0 Å². The molecule has 0 N–H and O–H groups in total. The third-order valence-electron chi connectivity index (χ3n) is 2.23. The molecule has 5 heteroatoms. The molecular weight excluding hydrogens is 294 g/mol. The van der Waals surface area contributed by atoms with E-state index in [1.807, 2.05) is 0 Å². The van der Waals surface area contributed by atoms with E-state index in [1.165, 1.54) is 7.11 Å². The highest BCUT2D eigenvalue weighted by Gasteiger charge is 2.12. The Bertz CT molecular complexity index is 423. The van der Waals surface area contributed by atoms with Crippen LogP contribution in [-0.2, 0) is 9.53 Å². The van der Waals surface area contributed by atoms with Crippen molar-refractivity contribution in [1.82, 2.24) is 0 Å². The van der Waals surface area contributed by atoms with Crippen molar-refractivity contribution < 1.29 is 18.3 Å². The van der Waals surface area contributed by atoms with E-state index in [9.17, 15) is 13.6 Å². The van der Waals surface area contributed by atoms with Crippen LogP contribution in [0, 0.1) is 0 Å². The lowest BCUT2D eigenvalue weighted by molar-refractivity contribution is -0.140. The van der Waals surface area contributed by atoms with Gasteiger partial charge in [-0.2, -0.15) is 8.78 Å². The van der Waals surface area contributed by atoms with Crippen molar-refractivity contribution >= 4 is 27.5 Å². The maximum absolute atomic E-state index is 12.8. The topological polar surface area (TPSA) is 26.3 Å². The van der Waals surface area contributed by atoms with Crippen molar-refractivity contribution in [3.05, 3.63) is 40.4 Å². The van der Waals surface area contributed by atoms with Crippen LogP contribution >= 0.6 is 15.9 Å². The molecule has 0 saturated heterocycles. The summed E-state index contributed by atoms with van der Waals surface area (Å²) in [6.45, 7) is 0. The molecule has 0 atom stereocenters. The Morgan fingerprint density at radius 1 is 1.24 bits per heavy atom. The zero-order valence-electron chi connectivity index (χ0n) is 9.17. The minimum absolute atomic E-state index is 0.0311. The lowest BCUT2D eigenvalue weighted by Crippen LogP contribution is -2.00. The fourth-order valence-corrected chi connectivity index (χ4v) is 1.59. The lowest BCUT2D eigenvalue weighted by Gasteiger charge is -2.06. The largest absolute Gasteiger partial charge is 0.469 e. The summed E-state index contributed by atoms with van der Waals surface area (Å²) >= 11 is 3.23. The van der Waals surface area contributed by atoms with Crippen LogP contribution in [0.2, 0.25) is 0 Å². The van der Waals surface area contributed by atoms with Crippen molar-refractivity contribution in [3.63, 3.8) is 0 Å². The Balaban J connectivity index is 2.85. The molecule has 0 aromatic heterocycles. The van der Waals surface area contributed by atoms with Gasteiger partial charge in [0.15, 0.2) is 0 Å². The minimum atomic E-state index is -1.77. The standard InChI is InChI=1S/C12H11BrF2O2/c1-17-11(16)7-6-10(12(14)15)8-2-4-9(13)5-3-8/h2-5H,6-7H2,1H3. The summed E-state index contributed by atoms with van der Waals surface area (Å²) in [5, 5.41) is 0. The van der Waals surface area contributed by atoms with Crippen LogP contribution in [0.15, 0.2) is 34.8 Å². The Morgan fingerprint density at radius 3 is 2.29 bits per heavy atom. The van der Waals surface area contributed by atoms with Crippen molar-refractivity contribution in [2.45, 2.75) is 12.8 Å². The number of rotatable bonds is 4. The third-order valence-corrected chi connectivity index (χ3v) is 2.76. The molecule has 0 aliphatic carbocycles. The van der Waals surface area contributed by atoms with Crippen molar-refractivity contribution in [3.8, 4) is 0 Å². The molecule has 0 spiro atoms. The number of hydrogen-bond acceptors (Lipinski definition) is 2. The highest BCUT2D eigenvalue weighted by Crippen LogP contribution is 2.26. The summed E-state index contributed by atoms with van der Waals surface area (Å²) in [5.74, 6) is -0.499. The van der Waals surface area contributed by atoms with Crippen molar-refractivity contribution in [1.29, 1.82) is 0 Å².